The zero-order valence-corrected chi connectivity index (χ0v) is 16.6. The average molecular weight is 503 g/mol. The summed E-state index contributed by atoms with van der Waals surface area (Å²) in [5, 5.41) is 0. The standard InChI is InChI=1S/C15H23I2NO2/c1-3-5-7-11(4-2)10-18-14(16)12-13(15(18)17)20-9-6-8-19-12/h11H,3-10H2,1-2H3. The second kappa shape index (κ2) is 8.10. The molecule has 114 valence electrons. The van der Waals surface area contributed by atoms with Crippen LogP contribution in [0.5, 0.6) is 11.5 Å². The van der Waals surface area contributed by atoms with Gasteiger partial charge in [0.25, 0.3) is 0 Å². The SMILES string of the molecule is CCCCC(CC)Cn1c(I)c2c(c1I)OCCCO2. The molecule has 1 aromatic heterocycles. The lowest BCUT2D eigenvalue weighted by molar-refractivity contribution is 0.288. The van der Waals surface area contributed by atoms with Crippen LogP contribution in [0.2, 0.25) is 0 Å². The van der Waals surface area contributed by atoms with Crippen molar-refractivity contribution in [1.82, 2.24) is 4.57 Å². The minimum absolute atomic E-state index is 0.744. The number of ether oxygens (including phenoxy) is 2. The van der Waals surface area contributed by atoms with Crippen molar-refractivity contribution in [2.75, 3.05) is 13.2 Å². The summed E-state index contributed by atoms with van der Waals surface area (Å²) < 4.78 is 16.5. The molecule has 0 amide bonds. The maximum Gasteiger partial charge on any atom is 0.194 e. The highest BCUT2D eigenvalue weighted by atomic mass is 127. The Morgan fingerprint density at radius 3 is 2.20 bits per heavy atom. The molecular formula is C15H23I2NO2. The molecule has 2 heterocycles. The molecule has 5 heteroatoms. The Morgan fingerprint density at radius 2 is 1.70 bits per heavy atom. The minimum atomic E-state index is 0.744. The summed E-state index contributed by atoms with van der Waals surface area (Å²) in [6.45, 7) is 7.15. The third kappa shape index (κ3) is 3.75. The van der Waals surface area contributed by atoms with E-state index in [2.05, 4.69) is 63.6 Å². The molecule has 1 aromatic rings. The van der Waals surface area contributed by atoms with E-state index < -0.39 is 0 Å². The van der Waals surface area contributed by atoms with E-state index in [-0.39, 0.29) is 0 Å². The predicted octanol–water partition coefficient (Wildman–Crippen LogP) is 5.08. The Kier molecular flexibility index (Phi) is 6.77. The third-order valence-corrected chi connectivity index (χ3v) is 5.96. The molecule has 1 unspecified atom stereocenters. The molecule has 2 rings (SSSR count). The van der Waals surface area contributed by atoms with Crippen molar-refractivity contribution in [3.63, 3.8) is 0 Å². The van der Waals surface area contributed by atoms with Crippen molar-refractivity contribution in [2.45, 2.75) is 52.5 Å². The van der Waals surface area contributed by atoms with E-state index in [1.54, 1.807) is 0 Å². The quantitative estimate of drug-likeness (QED) is 0.507. The number of hydrogen-bond acceptors (Lipinski definition) is 2. The van der Waals surface area contributed by atoms with Crippen molar-refractivity contribution >= 4 is 45.2 Å². The van der Waals surface area contributed by atoms with Crippen LogP contribution in [-0.2, 0) is 6.54 Å². The van der Waals surface area contributed by atoms with Crippen LogP contribution in [0.25, 0.3) is 0 Å². The molecule has 0 aliphatic carbocycles. The normalized spacial score (nSPS) is 16.0. The van der Waals surface area contributed by atoms with Crippen molar-refractivity contribution < 1.29 is 9.47 Å². The summed E-state index contributed by atoms with van der Waals surface area (Å²) in [4.78, 5) is 0. The number of halogens is 2. The summed E-state index contributed by atoms with van der Waals surface area (Å²) in [7, 11) is 0. The molecule has 1 aliphatic heterocycles. The van der Waals surface area contributed by atoms with Gasteiger partial charge in [-0.3, -0.25) is 0 Å². The van der Waals surface area contributed by atoms with E-state index in [4.69, 9.17) is 9.47 Å². The van der Waals surface area contributed by atoms with Gasteiger partial charge in [0.1, 0.15) is 7.40 Å². The Morgan fingerprint density at radius 1 is 1.10 bits per heavy atom. The van der Waals surface area contributed by atoms with E-state index in [9.17, 15) is 0 Å². The molecule has 0 spiro atoms. The lowest BCUT2D eigenvalue weighted by Crippen LogP contribution is -2.13. The second-order valence-corrected chi connectivity index (χ2v) is 7.36. The number of rotatable bonds is 6. The van der Waals surface area contributed by atoms with Crippen molar-refractivity contribution in [1.29, 1.82) is 0 Å². The summed E-state index contributed by atoms with van der Waals surface area (Å²) in [5.41, 5.74) is 0. The lowest BCUT2D eigenvalue weighted by atomic mass is 9.99. The third-order valence-electron chi connectivity index (χ3n) is 3.82. The maximum atomic E-state index is 5.88. The molecule has 0 bridgehead atoms. The highest BCUT2D eigenvalue weighted by Gasteiger charge is 2.25. The molecule has 3 nitrogen and oxygen atoms in total. The minimum Gasteiger partial charge on any atom is -0.487 e. The van der Waals surface area contributed by atoms with Gasteiger partial charge in [0.2, 0.25) is 0 Å². The van der Waals surface area contributed by atoms with Gasteiger partial charge in [-0.15, -0.1) is 0 Å². The summed E-state index contributed by atoms with van der Waals surface area (Å²) >= 11 is 4.80. The van der Waals surface area contributed by atoms with Crippen molar-refractivity contribution in [3.8, 4) is 11.5 Å². The Labute approximate surface area is 149 Å². The number of nitrogens with zero attached hydrogens (tertiary/aromatic N) is 1. The topological polar surface area (TPSA) is 23.4 Å². The molecule has 0 aromatic carbocycles. The van der Waals surface area contributed by atoms with Crippen LogP contribution in [0.3, 0.4) is 0 Å². The first-order valence-corrected chi connectivity index (χ1v) is 9.67. The zero-order valence-electron chi connectivity index (χ0n) is 12.3. The lowest BCUT2D eigenvalue weighted by Gasteiger charge is -2.17. The molecule has 1 atom stereocenters. The second-order valence-electron chi connectivity index (χ2n) is 5.32. The van der Waals surface area contributed by atoms with E-state index >= 15 is 0 Å². The van der Waals surface area contributed by atoms with Gasteiger partial charge in [0, 0.05) is 13.0 Å². The highest BCUT2D eigenvalue weighted by Crippen LogP contribution is 2.41. The maximum absolute atomic E-state index is 5.88. The largest absolute Gasteiger partial charge is 0.487 e. The van der Waals surface area contributed by atoms with E-state index in [0.717, 1.165) is 43.6 Å². The summed E-state index contributed by atoms with van der Waals surface area (Å²) in [6, 6.07) is 0. The van der Waals surface area contributed by atoms with Crippen molar-refractivity contribution in [2.24, 2.45) is 5.92 Å². The van der Waals surface area contributed by atoms with Crippen LogP contribution in [0, 0.1) is 13.3 Å². The molecule has 20 heavy (non-hydrogen) atoms. The smallest absolute Gasteiger partial charge is 0.194 e. The monoisotopic (exact) mass is 503 g/mol. The predicted molar refractivity (Wildman–Crippen MR) is 98.8 cm³/mol. The van der Waals surface area contributed by atoms with Gasteiger partial charge in [0.05, 0.1) is 13.2 Å². The van der Waals surface area contributed by atoms with Crippen LogP contribution in [0.1, 0.15) is 46.0 Å². The van der Waals surface area contributed by atoms with Gasteiger partial charge >= 0.3 is 0 Å². The molecule has 0 fully saturated rings. The van der Waals surface area contributed by atoms with E-state index in [1.807, 2.05) is 0 Å². The van der Waals surface area contributed by atoms with Crippen LogP contribution in [-0.4, -0.2) is 17.8 Å². The van der Waals surface area contributed by atoms with Gasteiger partial charge in [-0.05, 0) is 57.5 Å². The molecule has 0 saturated heterocycles. The molecule has 0 saturated carbocycles. The number of hydrogen-bond donors (Lipinski definition) is 0. The van der Waals surface area contributed by atoms with Crippen LogP contribution in [0.4, 0.5) is 0 Å². The van der Waals surface area contributed by atoms with E-state index in [0.29, 0.717) is 0 Å². The fourth-order valence-electron chi connectivity index (χ4n) is 2.51. The van der Waals surface area contributed by atoms with Crippen molar-refractivity contribution in [3.05, 3.63) is 7.40 Å². The average Bonchev–Trinajstić information content (AvgIpc) is 2.67. The van der Waals surface area contributed by atoms with Gasteiger partial charge < -0.3 is 14.0 Å². The van der Waals surface area contributed by atoms with Crippen LogP contribution < -0.4 is 9.47 Å². The Balaban J connectivity index is 2.19. The summed E-state index contributed by atoms with van der Waals surface area (Å²) in [5.74, 6) is 2.66. The number of unbranched alkanes of at least 4 members (excludes halogenated alkanes) is 1. The van der Waals surface area contributed by atoms with Gasteiger partial charge in [-0.25, -0.2) is 0 Å². The van der Waals surface area contributed by atoms with Gasteiger partial charge in [-0.1, -0.05) is 33.1 Å². The first kappa shape index (κ1) is 16.7. The molecular weight excluding hydrogens is 480 g/mol. The summed E-state index contributed by atoms with van der Waals surface area (Å²) in [6.07, 6.45) is 6.11. The van der Waals surface area contributed by atoms with E-state index in [1.165, 1.54) is 33.1 Å². The molecule has 0 radical (unpaired) electrons. The van der Waals surface area contributed by atoms with Crippen LogP contribution >= 0.6 is 45.2 Å². The Bertz CT molecular complexity index is 416. The fourth-order valence-corrected chi connectivity index (χ4v) is 4.65. The zero-order chi connectivity index (χ0) is 14.5. The first-order chi connectivity index (χ1) is 9.69. The number of fused-ring (bicyclic) bond motifs is 1. The Hall–Kier alpha value is 0.340. The fraction of sp³-hybridized carbons (Fsp3) is 0.733. The van der Waals surface area contributed by atoms with Gasteiger partial charge in [-0.2, -0.15) is 0 Å². The molecule has 1 aliphatic rings. The number of aromatic nitrogens is 1. The highest BCUT2D eigenvalue weighted by molar-refractivity contribution is 14.1. The molecule has 0 N–H and O–H groups in total. The first-order valence-electron chi connectivity index (χ1n) is 7.52. The van der Waals surface area contributed by atoms with Gasteiger partial charge in [0.15, 0.2) is 11.5 Å². The van der Waals surface area contributed by atoms with Crippen LogP contribution in [0.15, 0.2) is 0 Å².